The van der Waals surface area contributed by atoms with E-state index in [2.05, 4.69) is 42.7 Å². The van der Waals surface area contributed by atoms with Crippen molar-refractivity contribution in [1.29, 1.82) is 0 Å². The normalized spacial score (nSPS) is 35.0. The average Bonchev–Trinajstić information content (AvgIpc) is 2.64. The fourth-order valence-corrected chi connectivity index (χ4v) is 4.43. The molecule has 2 aliphatic rings. The van der Waals surface area contributed by atoms with E-state index in [9.17, 15) is 0 Å². The van der Waals surface area contributed by atoms with Gasteiger partial charge in [-0.25, -0.2) is 0 Å². The van der Waals surface area contributed by atoms with Gasteiger partial charge in [-0.1, -0.05) is 0 Å². The SMILES string of the molecule is CC(C)N1CCCC(NCC2(C)CCCS2)CC1. The zero-order chi connectivity index (χ0) is 13.0. The largest absolute Gasteiger partial charge is 0.313 e. The molecule has 0 aromatic heterocycles. The number of likely N-dealkylation sites (tertiary alicyclic amines) is 1. The van der Waals surface area contributed by atoms with Crippen molar-refractivity contribution in [1.82, 2.24) is 10.2 Å². The Morgan fingerprint density at radius 3 is 2.78 bits per heavy atom. The Labute approximate surface area is 117 Å². The first kappa shape index (κ1) is 14.7. The van der Waals surface area contributed by atoms with Gasteiger partial charge in [-0.05, 0) is 71.7 Å². The highest BCUT2D eigenvalue weighted by Crippen LogP contribution is 2.37. The first-order valence-corrected chi connectivity index (χ1v) is 8.69. The summed E-state index contributed by atoms with van der Waals surface area (Å²) < 4.78 is 0.518. The third-order valence-electron chi connectivity index (χ3n) is 4.56. The van der Waals surface area contributed by atoms with E-state index in [1.807, 2.05) is 0 Å². The standard InChI is InChI=1S/C15H30N2S/c1-13(2)17-9-4-6-14(7-10-17)16-12-15(3)8-5-11-18-15/h13-14,16H,4-12H2,1-3H3. The molecule has 2 rings (SSSR count). The predicted octanol–water partition coefficient (Wildman–Crippen LogP) is 3.12. The fraction of sp³-hybridized carbons (Fsp3) is 1.00. The van der Waals surface area contributed by atoms with E-state index in [1.165, 1.54) is 57.5 Å². The van der Waals surface area contributed by atoms with Gasteiger partial charge in [0.05, 0.1) is 0 Å². The van der Waals surface area contributed by atoms with Crippen LogP contribution in [-0.2, 0) is 0 Å². The van der Waals surface area contributed by atoms with Crippen molar-refractivity contribution in [3.63, 3.8) is 0 Å². The second-order valence-electron chi connectivity index (χ2n) is 6.54. The number of rotatable bonds is 4. The zero-order valence-electron chi connectivity index (χ0n) is 12.4. The van der Waals surface area contributed by atoms with Crippen LogP contribution in [-0.4, -0.2) is 47.1 Å². The van der Waals surface area contributed by atoms with Crippen LogP contribution in [0.15, 0.2) is 0 Å². The molecule has 0 aliphatic carbocycles. The van der Waals surface area contributed by atoms with Crippen LogP contribution >= 0.6 is 11.8 Å². The summed E-state index contributed by atoms with van der Waals surface area (Å²) >= 11 is 2.17. The van der Waals surface area contributed by atoms with E-state index in [0.29, 0.717) is 10.8 Å². The molecule has 2 heterocycles. The average molecular weight is 270 g/mol. The quantitative estimate of drug-likeness (QED) is 0.845. The molecule has 0 aromatic rings. The maximum Gasteiger partial charge on any atom is 0.0256 e. The number of hydrogen-bond acceptors (Lipinski definition) is 3. The Hall–Kier alpha value is 0.270. The molecule has 1 N–H and O–H groups in total. The van der Waals surface area contributed by atoms with Gasteiger partial charge in [-0.2, -0.15) is 11.8 Å². The van der Waals surface area contributed by atoms with Crippen molar-refractivity contribution in [2.75, 3.05) is 25.4 Å². The molecule has 0 spiro atoms. The van der Waals surface area contributed by atoms with Gasteiger partial charge in [0.25, 0.3) is 0 Å². The molecule has 3 heteroatoms. The molecule has 106 valence electrons. The van der Waals surface area contributed by atoms with Crippen LogP contribution in [0.1, 0.15) is 52.9 Å². The molecule has 0 amide bonds. The summed E-state index contributed by atoms with van der Waals surface area (Å²) in [6.07, 6.45) is 6.87. The number of thioether (sulfide) groups is 1. The highest BCUT2D eigenvalue weighted by molar-refractivity contribution is 8.00. The molecule has 2 fully saturated rings. The van der Waals surface area contributed by atoms with Crippen LogP contribution in [0, 0.1) is 0 Å². The van der Waals surface area contributed by atoms with Crippen molar-refractivity contribution >= 4 is 11.8 Å². The molecule has 2 saturated heterocycles. The molecule has 0 bridgehead atoms. The second kappa shape index (κ2) is 6.62. The summed E-state index contributed by atoms with van der Waals surface area (Å²) in [5.41, 5.74) is 0. The van der Waals surface area contributed by atoms with Gasteiger partial charge in [-0.15, -0.1) is 0 Å². The third-order valence-corrected chi connectivity index (χ3v) is 6.10. The lowest BCUT2D eigenvalue weighted by Crippen LogP contribution is -2.40. The van der Waals surface area contributed by atoms with Gasteiger partial charge in [-0.3, -0.25) is 0 Å². The maximum absolute atomic E-state index is 3.86. The highest BCUT2D eigenvalue weighted by Gasteiger charge is 2.30. The third kappa shape index (κ3) is 4.14. The van der Waals surface area contributed by atoms with Crippen LogP contribution in [0.5, 0.6) is 0 Å². The number of hydrogen-bond donors (Lipinski definition) is 1. The first-order chi connectivity index (χ1) is 8.59. The van der Waals surface area contributed by atoms with Gasteiger partial charge in [0, 0.05) is 23.4 Å². The number of nitrogens with one attached hydrogen (secondary N) is 1. The van der Waals surface area contributed by atoms with Crippen LogP contribution in [0.4, 0.5) is 0 Å². The minimum Gasteiger partial charge on any atom is -0.313 e. The van der Waals surface area contributed by atoms with E-state index in [1.54, 1.807) is 0 Å². The minimum absolute atomic E-state index is 0.518. The lowest BCUT2D eigenvalue weighted by Gasteiger charge is -2.27. The molecule has 18 heavy (non-hydrogen) atoms. The van der Waals surface area contributed by atoms with E-state index >= 15 is 0 Å². The van der Waals surface area contributed by atoms with Crippen molar-refractivity contribution in [2.45, 2.75) is 69.7 Å². The van der Waals surface area contributed by atoms with Gasteiger partial charge >= 0.3 is 0 Å². The summed E-state index contributed by atoms with van der Waals surface area (Å²) in [6.45, 7) is 10.9. The summed E-state index contributed by atoms with van der Waals surface area (Å²) in [5.74, 6) is 1.37. The molecule has 2 atom stereocenters. The Bertz CT molecular complexity index is 249. The van der Waals surface area contributed by atoms with Crippen molar-refractivity contribution in [3.8, 4) is 0 Å². The van der Waals surface area contributed by atoms with Crippen LogP contribution in [0.3, 0.4) is 0 Å². The number of nitrogens with zero attached hydrogens (tertiary/aromatic N) is 1. The highest BCUT2D eigenvalue weighted by atomic mass is 32.2. The van der Waals surface area contributed by atoms with Gasteiger partial charge < -0.3 is 10.2 Å². The fourth-order valence-electron chi connectivity index (χ4n) is 3.18. The van der Waals surface area contributed by atoms with Crippen LogP contribution < -0.4 is 5.32 Å². The molecular formula is C15H30N2S. The Kier molecular flexibility index (Phi) is 5.40. The first-order valence-electron chi connectivity index (χ1n) is 7.70. The lowest BCUT2D eigenvalue weighted by molar-refractivity contribution is 0.229. The Morgan fingerprint density at radius 1 is 1.28 bits per heavy atom. The smallest absolute Gasteiger partial charge is 0.0256 e. The molecular weight excluding hydrogens is 240 g/mol. The second-order valence-corrected chi connectivity index (χ2v) is 8.22. The Morgan fingerprint density at radius 2 is 2.11 bits per heavy atom. The summed E-state index contributed by atoms with van der Waals surface area (Å²) in [4.78, 5) is 2.63. The molecule has 0 saturated carbocycles. The van der Waals surface area contributed by atoms with E-state index in [-0.39, 0.29) is 0 Å². The van der Waals surface area contributed by atoms with Gasteiger partial charge in [0.1, 0.15) is 0 Å². The van der Waals surface area contributed by atoms with E-state index in [0.717, 1.165) is 6.04 Å². The van der Waals surface area contributed by atoms with Gasteiger partial charge in [0.2, 0.25) is 0 Å². The predicted molar refractivity (Wildman–Crippen MR) is 82.4 cm³/mol. The molecule has 2 aliphatic heterocycles. The minimum atomic E-state index is 0.518. The van der Waals surface area contributed by atoms with Gasteiger partial charge in [0.15, 0.2) is 0 Å². The monoisotopic (exact) mass is 270 g/mol. The molecule has 0 radical (unpaired) electrons. The van der Waals surface area contributed by atoms with E-state index in [4.69, 9.17) is 0 Å². The van der Waals surface area contributed by atoms with Crippen molar-refractivity contribution in [2.24, 2.45) is 0 Å². The van der Waals surface area contributed by atoms with Crippen LogP contribution in [0.2, 0.25) is 0 Å². The zero-order valence-corrected chi connectivity index (χ0v) is 13.2. The molecule has 2 nitrogen and oxygen atoms in total. The maximum atomic E-state index is 3.86. The Balaban J connectivity index is 1.73. The summed E-state index contributed by atoms with van der Waals surface area (Å²) in [7, 11) is 0. The van der Waals surface area contributed by atoms with Crippen LogP contribution in [0.25, 0.3) is 0 Å². The van der Waals surface area contributed by atoms with Crippen molar-refractivity contribution in [3.05, 3.63) is 0 Å². The molecule has 2 unspecified atom stereocenters. The summed E-state index contributed by atoms with van der Waals surface area (Å²) in [6, 6.07) is 1.47. The summed E-state index contributed by atoms with van der Waals surface area (Å²) in [5, 5.41) is 3.86. The topological polar surface area (TPSA) is 15.3 Å². The van der Waals surface area contributed by atoms with E-state index < -0.39 is 0 Å². The van der Waals surface area contributed by atoms with Crippen molar-refractivity contribution < 1.29 is 0 Å². The lowest BCUT2D eigenvalue weighted by atomic mass is 10.0. The molecule has 0 aromatic carbocycles.